The van der Waals surface area contributed by atoms with E-state index < -0.39 is 6.16 Å². The first-order valence-electron chi connectivity index (χ1n) is 7.14. The van der Waals surface area contributed by atoms with Crippen LogP contribution in [0.25, 0.3) is 16.3 Å². The number of hydrogen-bond donors (Lipinski definition) is 1. The summed E-state index contributed by atoms with van der Waals surface area (Å²) in [5, 5.41) is 14.2. The second-order valence-electron chi connectivity index (χ2n) is 4.97. The Bertz CT molecular complexity index is 955. The molecule has 0 unspecified atom stereocenters. The Morgan fingerprint density at radius 1 is 1.36 bits per heavy atom. The lowest BCUT2D eigenvalue weighted by Gasteiger charge is -2.09. The summed E-state index contributed by atoms with van der Waals surface area (Å²) in [7, 11) is 0. The van der Waals surface area contributed by atoms with E-state index in [0.717, 1.165) is 14.4 Å². The third-order valence-corrected chi connectivity index (χ3v) is 5.60. The van der Waals surface area contributed by atoms with E-state index in [2.05, 4.69) is 21.0 Å². The molecule has 0 aliphatic rings. The fraction of sp³-hybridized carbons (Fsp3) is 0.125. The molecule has 0 amide bonds. The average Bonchev–Trinajstić information content (AvgIpc) is 3.10. The van der Waals surface area contributed by atoms with E-state index in [1.807, 2.05) is 19.1 Å². The van der Waals surface area contributed by atoms with Crippen molar-refractivity contribution in [2.45, 2.75) is 13.3 Å². The van der Waals surface area contributed by atoms with Gasteiger partial charge in [-0.25, -0.2) is 9.48 Å². The summed E-state index contributed by atoms with van der Waals surface area (Å²) in [6.45, 7) is 1.91. The molecule has 9 heteroatoms. The zero-order chi connectivity index (χ0) is 18.1. The second kappa shape index (κ2) is 7.37. The van der Waals surface area contributed by atoms with Crippen molar-refractivity contribution >= 4 is 56.6 Å². The number of carbonyl (C=O) groups is 1. The van der Waals surface area contributed by atoms with E-state index in [-0.39, 0.29) is 5.88 Å². The summed E-state index contributed by atoms with van der Waals surface area (Å²) >= 11 is 17.3. The number of aromatic nitrogens is 2. The minimum Gasteiger partial charge on any atom is -0.449 e. The van der Waals surface area contributed by atoms with Crippen LogP contribution >= 0.6 is 50.5 Å². The normalized spacial score (nSPS) is 10.9. The lowest BCUT2D eigenvalue weighted by Crippen LogP contribution is -2.05. The minimum absolute atomic E-state index is 0.0422. The molecule has 0 saturated carbocycles. The SMILES string of the molecule is CCc1c(OC(=O)O)nn(-c2ccc(Cl)cc2Cl)c1-c1ccc(Br)s1. The number of nitrogens with zero attached hydrogens (tertiary/aromatic N) is 2. The van der Waals surface area contributed by atoms with Crippen LogP contribution in [0.5, 0.6) is 5.88 Å². The van der Waals surface area contributed by atoms with Crippen LogP contribution in [0.1, 0.15) is 12.5 Å². The third-order valence-electron chi connectivity index (χ3n) is 3.43. The standard InChI is InChI=1S/C16H11BrCl2N2O3S/c1-2-9-14(12-5-6-13(17)25-12)21(20-15(9)24-16(22)23)11-4-3-8(18)7-10(11)19/h3-7H,2H2,1H3,(H,22,23). The highest BCUT2D eigenvalue weighted by atomic mass is 79.9. The Morgan fingerprint density at radius 3 is 2.68 bits per heavy atom. The summed E-state index contributed by atoms with van der Waals surface area (Å²) in [5.74, 6) is 0.0422. The van der Waals surface area contributed by atoms with Gasteiger partial charge in [-0.1, -0.05) is 30.1 Å². The lowest BCUT2D eigenvalue weighted by molar-refractivity contribution is 0.142. The summed E-state index contributed by atoms with van der Waals surface area (Å²) < 4.78 is 7.42. The molecule has 0 aliphatic carbocycles. The van der Waals surface area contributed by atoms with Crippen LogP contribution in [-0.4, -0.2) is 21.0 Å². The molecular formula is C16H11BrCl2N2O3S. The monoisotopic (exact) mass is 460 g/mol. The highest BCUT2D eigenvalue weighted by Crippen LogP contribution is 2.40. The second-order valence-corrected chi connectivity index (χ2v) is 8.27. The van der Waals surface area contributed by atoms with Gasteiger partial charge in [-0.2, -0.15) is 0 Å². The summed E-state index contributed by atoms with van der Waals surface area (Å²) in [5.41, 5.74) is 2.00. The predicted molar refractivity (Wildman–Crippen MR) is 103 cm³/mol. The van der Waals surface area contributed by atoms with Crippen LogP contribution in [0.15, 0.2) is 34.1 Å². The van der Waals surface area contributed by atoms with Crippen LogP contribution in [0.3, 0.4) is 0 Å². The molecule has 1 aromatic carbocycles. The van der Waals surface area contributed by atoms with E-state index in [1.54, 1.807) is 22.9 Å². The number of benzene rings is 1. The molecule has 2 heterocycles. The van der Waals surface area contributed by atoms with E-state index in [9.17, 15) is 4.79 Å². The predicted octanol–water partition coefficient (Wildman–Crippen LogP) is 6.29. The maximum Gasteiger partial charge on any atom is 0.512 e. The molecule has 3 aromatic rings. The van der Waals surface area contributed by atoms with Crippen LogP contribution < -0.4 is 4.74 Å². The van der Waals surface area contributed by atoms with Crippen molar-refractivity contribution in [3.8, 4) is 22.1 Å². The minimum atomic E-state index is -1.42. The molecular weight excluding hydrogens is 451 g/mol. The highest BCUT2D eigenvalue weighted by Gasteiger charge is 2.24. The van der Waals surface area contributed by atoms with Crippen LogP contribution in [0, 0.1) is 0 Å². The lowest BCUT2D eigenvalue weighted by atomic mass is 10.1. The van der Waals surface area contributed by atoms with Gasteiger partial charge in [0.25, 0.3) is 0 Å². The number of rotatable bonds is 4. The first kappa shape index (κ1) is 18.3. The van der Waals surface area contributed by atoms with Crippen molar-refractivity contribution in [1.82, 2.24) is 9.78 Å². The van der Waals surface area contributed by atoms with Crippen LogP contribution in [0.2, 0.25) is 10.0 Å². The molecule has 2 aromatic heterocycles. The number of thiophene rings is 1. The highest BCUT2D eigenvalue weighted by molar-refractivity contribution is 9.11. The van der Waals surface area contributed by atoms with Gasteiger partial charge in [-0.15, -0.1) is 16.4 Å². The van der Waals surface area contributed by atoms with Gasteiger partial charge in [0.1, 0.15) is 0 Å². The van der Waals surface area contributed by atoms with Gasteiger partial charge in [-0.05, 0) is 52.7 Å². The number of ether oxygens (including phenoxy) is 1. The van der Waals surface area contributed by atoms with Crippen molar-refractivity contribution in [3.63, 3.8) is 0 Å². The molecule has 25 heavy (non-hydrogen) atoms. The van der Waals surface area contributed by atoms with Crippen molar-refractivity contribution in [2.24, 2.45) is 0 Å². The Labute approximate surface area is 165 Å². The average molecular weight is 462 g/mol. The fourth-order valence-corrected chi connectivity index (χ4v) is 4.37. The molecule has 0 saturated heterocycles. The van der Waals surface area contributed by atoms with Gasteiger partial charge in [0, 0.05) is 10.6 Å². The molecule has 5 nitrogen and oxygen atoms in total. The van der Waals surface area contributed by atoms with Gasteiger partial charge in [0.2, 0.25) is 5.88 Å². The first-order chi connectivity index (χ1) is 11.9. The van der Waals surface area contributed by atoms with Gasteiger partial charge in [-0.3, -0.25) is 0 Å². The summed E-state index contributed by atoms with van der Waals surface area (Å²) in [4.78, 5) is 11.9. The van der Waals surface area contributed by atoms with Crippen LogP contribution in [0.4, 0.5) is 4.79 Å². The molecule has 0 radical (unpaired) electrons. The van der Waals surface area contributed by atoms with Crippen molar-refractivity contribution in [2.75, 3.05) is 0 Å². The van der Waals surface area contributed by atoms with Crippen molar-refractivity contribution in [1.29, 1.82) is 0 Å². The van der Waals surface area contributed by atoms with Crippen molar-refractivity contribution < 1.29 is 14.6 Å². The van der Waals surface area contributed by atoms with E-state index >= 15 is 0 Å². The Morgan fingerprint density at radius 2 is 2.12 bits per heavy atom. The summed E-state index contributed by atoms with van der Waals surface area (Å²) in [6, 6.07) is 8.88. The number of carboxylic acid groups (broad SMARTS) is 1. The van der Waals surface area contributed by atoms with E-state index in [0.29, 0.717) is 27.7 Å². The Hall–Kier alpha value is -1.54. The molecule has 0 aliphatic heterocycles. The Balaban J connectivity index is 2.29. The van der Waals surface area contributed by atoms with Crippen molar-refractivity contribution in [3.05, 3.63) is 49.7 Å². The third kappa shape index (κ3) is 3.69. The summed E-state index contributed by atoms with van der Waals surface area (Å²) in [6.07, 6.45) is -0.876. The largest absolute Gasteiger partial charge is 0.512 e. The molecule has 0 bridgehead atoms. The van der Waals surface area contributed by atoms with Gasteiger partial charge < -0.3 is 9.84 Å². The topological polar surface area (TPSA) is 64.3 Å². The van der Waals surface area contributed by atoms with E-state index in [1.165, 1.54) is 11.3 Å². The molecule has 0 spiro atoms. The molecule has 1 N–H and O–H groups in total. The molecule has 130 valence electrons. The smallest absolute Gasteiger partial charge is 0.449 e. The maximum absolute atomic E-state index is 11.0. The molecule has 0 fully saturated rings. The number of hydrogen-bond acceptors (Lipinski definition) is 4. The van der Waals surface area contributed by atoms with Gasteiger partial charge >= 0.3 is 6.16 Å². The van der Waals surface area contributed by atoms with Crippen LogP contribution in [-0.2, 0) is 6.42 Å². The molecule has 0 atom stereocenters. The Kier molecular flexibility index (Phi) is 5.38. The molecule has 3 rings (SSSR count). The zero-order valence-electron chi connectivity index (χ0n) is 12.8. The maximum atomic E-state index is 11.0. The van der Waals surface area contributed by atoms with E-state index in [4.69, 9.17) is 33.0 Å². The van der Waals surface area contributed by atoms with Gasteiger partial charge in [0.15, 0.2) is 0 Å². The zero-order valence-corrected chi connectivity index (χ0v) is 16.7. The van der Waals surface area contributed by atoms with Gasteiger partial charge in [0.05, 0.1) is 25.1 Å². The quantitative estimate of drug-likeness (QED) is 0.463. The fourth-order valence-electron chi connectivity index (χ4n) is 2.44. The first-order valence-corrected chi connectivity index (χ1v) is 9.51. The number of halogens is 3.